The SMILES string of the molecule is CCCCCCCCCCc1cc(C(=O)O)cc(C(=O)OCCCCCC)c1C(=O)OCCCCCC. The monoisotopic (exact) mass is 518 g/mol. The smallest absolute Gasteiger partial charge is 0.339 e. The van der Waals surface area contributed by atoms with Crippen LogP contribution in [0, 0.1) is 0 Å². The van der Waals surface area contributed by atoms with E-state index < -0.39 is 17.9 Å². The number of carboxylic acid groups (broad SMARTS) is 1. The topological polar surface area (TPSA) is 89.9 Å². The number of hydrogen-bond donors (Lipinski definition) is 1. The van der Waals surface area contributed by atoms with Gasteiger partial charge in [0, 0.05) is 0 Å². The fourth-order valence-corrected chi connectivity index (χ4v) is 4.41. The number of ether oxygens (including phenoxy) is 2. The van der Waals surface area contributed by atoms with Crippen molar-refractivity contribution in [2.24, 2.45) is 0 Å². The van der Waals surface area contributed by atoms with Crippen molar-refractivity contribution in [2.75, 3.05) is 13.2 Å². The van der Waals surface area contributed by atoms with Crippen molar-refractivity contribution in [1.29, 1.82) is 0 Å². The molecule has 1 N–H and O–H groups in total. The molecule has 0 aliphatic carbocycles. The van der Waals surface area contributed by atoms with Crippen molar-refractivity contribution in [1.82, 2.24) is 0 Å². The zero-order valence-corrected chi connectivity index (χ0v) is 23.6. The van der Waals surface area contributed by atoms with Crippen LogP contribution in [-0.2, 0) is 15.9 Å². The molecule has 0 aromatic heterocycles. The summed E-state index contributed by atoms with van der Waals surface area (Å²) in [5.74, 6) is -2.36. The highest BCUT2D eigenvalue weighted by Crippen LogP contribution is 2.24. The highest BCUT2D eigenvalue weighted by molar-refractivity contribution is 6.06. The van der Waals surface area contributed by atoms with Gasteiger partial charge in [0.15, 0.2) is 0 Å². The lowest BCUT2D eigenvalue weighted by atomic mass is 9.93. The number of carbonyl (C=O) groups excluding carboxylic acids is 2. The lowest BCUT2D eigenvalue weighted by molar-refractivity contribution is 0.0449. The molecular weight excluding hydrogens is 468 g/mol. The highest BCUT2D eigenvalue weighted by Gasteiger charge is 2.26. The third-order valence-electron chi connectivity index (χ3n) is 6.65. The number of hydrogen-bond acceptors (Lipinski definition) is 5. The first-order chi connectivity index (χ1) is 18.0. The summed E-state index contributed by atoms with van der Waals surface area (Å²) < 4.78 is 11.0. The van der Waals surface area contributed by atoms with E-state index in [4.69, 9.17) is 9.47 Å². The standard InChI is InChI=1S/C31H50O6/c1-4-7-10-13-14-15-16-17-20-25-23-26(29(32)33)24-27(30(34)36-21-18-11-8-5-2)28(25)31(35)37-22-19-12-9-6-3/h23-24H,4-22H2,1-3H3,(H,32,33). The summed E-state index contributed by atoms with van der Waals surface area (Å²) in [6, 6.07) is 2.79. The fourth-order valence-electron chi connectivity index (χ4n) is 4.41. The van der Waals surface area contributed by atoms with Gasteiger partial charge < -0.3 is 14.6 Å². The van der Waals surface area contributed by atoms with Crippen LogP contribution in [0.15, 0.2) is 12.1 Å². The second-order valence-electron chi connectivity index (χ2n) is 9.98. The molecule has 210 valence electrons. The summed E-state index contributed by atoms with van der Waals surface area (Å²) in [4.78, 5) is 38.0. The van der Waals surface area contributed by atoms with Crippen molar-refractivity contribution in [3.8, 4) is 0 Å². The maximum Gasteiger partial charge on any atom is 0.339 e. The van der Waals surface area contributed by atoms with Gasteiger partial charge in [0.05, 0.1) is 29.9 Å². The number of aryl methyl sites for hydroxylation is 1. The van der Waals surface area contributed by atoms with Gasteiger partial charge in [-0.05, 0) is 43.4 Å². The summed E-state index contributed by atoms with van der Waals surface area (Å²) in [5, 5.41) is 9.69. The van der Waals surface area contributed by atoms with Crippen LogP contribution in [0.3, 0.4) is 0 Å². The molecule has 0 amide bonds. The van der Waals surface area contributed by atoms with Crippen LogP contribution in [-0.4, -0.2) is 36.2 Å². The Balaban J connectivity index is 3.03. The van der Waals surface area contributed by atoms with Crippen LogP contribution in [0.1, 0.15) is 160 Å². The third kappa shape index (κ3) is 13.7. The molecule has 0 radical (unpaired) electrons. The van der Waals surface area contributed by atoms with E-state index in [1.807, 2.05) is 0 Å². The van der Waals surface area contributed by atoms with Crippen molar-refractivity contribution >= 4 is 17.9 Å². The van der Waals surface area contributed by atoms with Gasteiger partial charge in [0.2, 0.25) is 0 Å². The Labute approximate surface area is 224 Å². The van der Waals surface area contributed by atoms with Crippen LogP contribution in [0.25, 0.3) is 0 Å². The average Bonchev–Trinajstić information content (AvgIpc) is 2.89. The maximum absolute atomic E-state index is 13.2. The molecule has 0 saturated heterocycles. The molecule has 0 aliphatic heterocycles. The third-order valence-corrected chi connectivity index (χ3v) is 6.65. The Hall–Kier alpha value is -2.37. The summed E-state index contributed by atoms with van der Waals surface area (Å²) in [6.07, 6.45) is 17.3. The van der Waals surface area contributed by atoms with E-state index in [2.05, 4.69) is 20.8 Å². The number of esters is 2. The Morgan fingerprint density at radius 3 is 1.59 bits per heavy atom. The van der Waals surface area contributed by atoms with Crippen molar-refractivity contribution in [3.63, 3.8) is 0 Å². The van der Waals surface area contributed by atoms with E-state index in [-0.39, 0.29) is 29.9 Å². The van der Waals surface area contributed by atoms with Crippen LogP contribution in [0.4, 0.5) is 0 Å². The van der Waals surface area contributed by atoms with E-state index in [9.17, 15) is 19.5 Å². The van der Waals surface area contributed by atoms with Crippen molar-refractivity contribution in [3.05, 3.63) is 34.4 Å². The number of rotatable bonds is 22. The van der Waals surface area contributed by atoms with Gasteiger partial charge in [-0.2, -0.15) is 0 Å². The van der Waals surface area contributed by atoms with Gasteiger partial charge in [-0.1, -0.05) is 104 Å². The molecular formula is C31H50O6. The lowest BCUT2D eigenvalue weighted by Gasteiger charge is -2.16. The van der Waals surface area contributed by atoms with Gasteiger partial charge in [-0.15, -0.1) is 0 Å². The Morgan fingerprint density at radius 1 is 0.622 bits per heavy atom. The van der Waals surface area contributed by atoms with Gasteiger partial charge in [0.25, 0.3) is 0 Å². The van der Waals surface area contributed by atoms with Crippen LogP contribution >= 0.6 is 0 Å². The molecule has 0 unspecified atom stereocenters. The fraction of sp³-hybridized carbons (Fsp3) is 0.710. The molecule has 6 heteroatoms. The molecule has 6 nitrogen and oxygen atoms in total. The average molecular weight is 519 g/mol. The maximum atomic E-state index is 13.2. The Kier molecular flexibility index (Phi) is 18.2. The molecule has 0 saturated carbocycles. The van der Waals surface area contributed by atoms with E-state index in [1.54, 1.807) is 0 Å². The predicted octanol–water partition coefficient (Wildman–Crippen LogP) is 8.54. The number of aromatic carboxylic acids is 1. The van der Waals surface area contributed by atoms with Gasteiger partial charge >= 0.3 is 17.9 Å². The normalized spacial score (nSPS) is 10.9. The molecule has 1 aromatic carbocycles. The molecule has 0 fully saturated rings. The summed E-state index contributed by atoms with van der Waals surface area (Å²) >= 11 is 0. The first-order valence-corrected chi connectivity index (χ1v) is 14.7. The minimum absolute atomic E-state index is 0.00325. The lowest BCUT2D eigenvalue weighted by Crippen LogP contribution is -2.19. The molecule has 37 heavy (non-hydrogen) atoms. The minimum Gasteiger partial charge on any atom is -0.478 e. The Morgan fingerprint density at radius 2 is 1.08 bits per heavy atom. The van der Waals surface area contributed by atoms with Crippen LogP contribution in [0.5, 0.6) is 0 Å². The number of benzene rings is 1. The summed E-state index contributed by atoms with van der Waals surface area (Å²) in [5.41, 5.74) is 0.722. The molecule has 0 heterocycles. The number of unbranched alkanes of at least 4 members (excludes halogenated alkanes) is 13. The van der Waals surface area contributed by atoms with Crippen molar-refractivity contribution in [2.45, 2.75) is 130 Å². The highest BCUT2D eigenvalue weighted by atomic mass is 16.5. The van der Waals surface area contributed by atoms with Gasteiger partial charge in [0.1, 0.15) is 0 Å². The minimum atomic E-state index is -1.13. The van der Waals surface area contributed by atoms with Crippen molar-refractivity contribution < 1.29 is 29.0 Å². The second-order valence-corrected chi connectivity index (χ2v) is 9.98. The van der Waals surface area contributed by atoms with Crippen LogP contribution in [0.2, 0.25) is 0 Å². The Bertz CT molecular complexity index is 801. The largest absolute Gasteiger partial charge is 0.478 e. The van der Waals surface area contributed by atoms with Gasteiger partial charge in [-0.25, -0.2) is 14.4 Å². The second kappa shape index (κ2) is 20.7. The molecule has 0 spiro atoms. The zero-order valence-electron chi connectivity index (χ0n) is 23.6. The molecule has 0 atom stereocenters. The quantitative estimate of drug-likeness (QED) is 0.122. The molecule has 0 aliphatic rings. The molecule has 1 aromatic rings. The van der Waals surface area contributed by atoms with Crippen LogP contribution < -0.4 is 0 Å². The van der Waals surface area contributed by atoms with E-state index in [0.29, 0.717) is 12.0 Å². The number of carbonyl (C=O) groups is 3. The number of carboxylic acids is 1. The first-order valence-electron chi connectivity index (χ1n) is 14.7. The van der Waals surface area contributed by atoms with E-state index in [1.165, 1.54) is 44.2 Å². The molecule has 1 rings (SSSR count). The predicted molar refractivity (Wildman–Crippen MR) is 149 cm³/mol. The summed E-state index contributed by atoms with van der Waals surface area (Å²) in [6.45, 7) is 6.96. The van der Waals surface area contributed by atoms with Gasteiger partial charge in [-0.3, -0.25) is 0 Å². The summed E-state index contributed by atoms with van der Waals surface area (Å²) in [7, 11) is 0. The zero-order chi connectivity index (χ0) is 27.3. The van der Waals surface area contributed by atoms with E-state index in [0.717, 1.165) is 70.6 Å². The first kappa shape index (κ1) is 32.7. The van der Waals surface area contributed by atoms with E-state index >= 15 is 0 Å². The molecule has 0 bridgehead atoms.